The molecule has 108 valence electrons. The number of likely N-dealkylation sites (N-methyl/N-ethyl adjacent to an activating group) is 1. The molecule has 1 aromatic heterocycles. The minimum atomic E-state index is 0.570. The first-order chi connectivity index (χ1) is 9.79. The molecule has 4 heteroatoms. The van der Waals surface area contributed by atoms with Gasteiger partial charge in [0.15, 0.2) is 0 Å². The van der Waals surface area contributed by atoms with Crippen LogP contribution in [0.25, 0.3) is 10.1 Å². The van der Waals surface area contributed by atoms with Crippen LogP contribution < -0.4 is 5.32 Å². The van der Waals surface area contributed by atoms with E-state index in [0.29, 0.717) is 6.04 Å². The second kappa shape index (κ2) is 6.73. The maximum Gasteiger partial charge on any atom is 0.0345 e. The molecular formula is C16H21NS3. The molecule has 3 unspecified atom stereocenters. The molecule has 0 aliphatic carbocycles. The van der Waals surface area contributed by atoms with Crippen LogP contribution in [0.1, 0.15) is 12.5 Å². The summed E-state index contributed by atoms with van der Waals surface area (Å²) in [4.78, 5) is 0. The lowest BCUT2D eigenvalue weighted by molar-refractivity contribution is 0.532. The van der Waals surface area contributed by atoms with Crippen molar-refractivity contribution < 1.29 is 0 Å². The molecule has 0 bridgehead atoms. The molecule has 1 saturated heterocycles. The van der Waals surface area contributed by atoms with Gasteiger partial charge in [-0.05, 0) is 35.9 Å². The number of nitrogens with one attached hydrogen (secondary N) is 1. The Hall–Kier alpha value is -0.160. The third kappa shape index (κ3) is 3.03. The largest absolute Gasteiger partial charge is 0.316 e. The highest BCUT2D eigenvalue weighted by atomic mass is 32.2. The lowest BCUT2D eigenvalue weighted by Crippen LogP contribution is -2.44. The topological polar surface area (TPSA) is 12.0 Å². The molecule has 1 nitrogen and oxygen atoms in total. The van der Waals surface area contributed by atoms with Crippen LogP contribution >= 0.6 is 34.9 Å². The van der Waals surface area contributed by atoms with E-state index >= 15 is 0 Å². The third-order valence-corrected chi connectivity index (χ3v) is 8.27. The van der Waals surface area contributed by atoms with E-state index in [1.165, 1.54) is 27.2 Å². The average Bonchev–Trinajstić information content (AvgIpc) is 2.89. The Morgan fingerprint density at radius 3 is 2.85 bits per heavy atom. The Bertz CT molecular complexity index is 566. The second-order valence-corrected chi connectivity index (χ2v) is 8.95. The van der Waals surface area contributed by atoms with Gasteiger partial charge in [0.2, 0.25) is 0 Å². The molecule has 3 rings (SSSR count). The molecule has 1 N–H and O–H groups in total. The van der Waals surface area contributed by atoms with Crippen molar-refractivity contribution in [3.8, 4) is 0 Å². The standard InChI is InChI=1S/C16H21NS3/c1-11-16(19-8-7-18-11)14(17-2)9-12-10-20-15-6-4-3-5-13(12)15/h3-6,10-11,14,16-17H,7-9H2,1-2H3. The van der Waals surface area contributed by atoms with Crippen molar-refractivity contribution >= 4 is 44.9 Å². The van der Waals surface area contributed by atoms with Crippen molar-refractivity contribution in [3.63, 3.8) is 0 Å². The zero-order chi connectivity index (χ0) is 13.9. The summed E-state index contributed by atoms with van der Waals surface area (Å²) in [6.07, 6.45) is 1.14. The van der Waals surface area contributed by atoms with E-state index in [1.807, 2.05) is 11.3 Å². The van der Waals surface area contributed by atoms with Gasteiger partial charge in [0.1, 0.15) is 0 Å². The van der Waals surface area contributed by atoms with Crippen LogP contribution in [-0.4, -0.2) is 35.1 Å². The number of benzene rings is 1. The summed E-state index contributed by atoms with van der Waals surface area (Å²) in [6.45, 7) is 2.39. The van der Waals surface area contributed by atoms with Crippen LogP contribution in [0, 0.1) is 0 Å². The SMILES string of the molecule is CNC(Cc1csc2ccccc12)C1SCCSC1C. The first-order valence-corrected chi connectivity index (χ1v) is 10.1. The molecule has 3 atom stereocenters. The predicted molar refractivity (Wildman–Crippen MR) is 96.5 cm³/mol. The normalized spacial score (nSPS) is 24.9. The van der Waals surface area contributed by atoms with Crippen LogP contribution in [0.15, 0.2) is 29.6 Å². The fourth-order valence-corrected chi connectivity index (χ4v) is 6.88. The zero-order valence-corrected chi connectivity index (χ0v) is 14.4. The number of thioether (sulfide) groups is 2. The number of fused-ring (bicyclic) bond motifs is 1. The maximum absolute atomic E-state index is 3.58. The van der Waals surface area contributed by atoms with Crippen LogP contribution in [0.4, 0.5) is 0 Å². The lowest BCUT2D eigenvalue weighted by Gasteiger charge is -2.34. The van der Waals surface area contributed by atoms with Gasteiger partial charge >= 0.3 is 0 Å². The summed E-state index contributed by atoms with van der Waals surface area (Å²) >= 11 is 6.15. The molecule has 1 fully saturated rings. The average molecular weight is 324 g/mol. The van der Waals surface area contributed by atoms with Crippen molar-refractivity contribution in [3.05, 3.63) is 35.2 Å². The quantitative estimate of drug-likeness (QED) is 0.902. The highest BCUT2D eigenvalue weighted by molar-refractivity contribution is 8.07. The summed E-state index contributed by atoms with van der Waals surface area (Å²) in [5.74, 6) is 2.60. The summed E-state index contributed by atoms with van der Waals surface area (Å²) in [5, 5.41) is 8.83. The van der Waals surface area contributed by atoms with Gasteiger partial charge in [0.05, 0.1) is 0 Å². The molecule has 0 amide bonds. The fourth-order valence-electron chi connectivity index (χ4n) is 2.90. The van der Waals surface area contributed by atoms with Crippen LogP contribution in [0.5, 0.6) is 0 Å². The Balaban J connectivity index is 1.80. The van der Waals surface area contributed by atoms with E-state index in [9.17, 15) is 0 Å². The van der Waals surface area contributed by atoms with Gasteiger partial charge < -0.3 is 5.32 Å². The highest BCUT2D eigenvalue weighted by Crippen LogP contribution is 2.35. The Morgan fingerprint density at radius 1 is 1.25 bits per heavy atom. The van der Waals surface area contributed by atoms with Crippen molar-refractivity contribution in [1.82, 2.24) is 5.32 Å². The van der Waals surface area contributed by atoms with E-state index in [1.54, 1.807) is 0 Å². The van der Waals surface area contributed by atoms with E-state index < -0.39 is 0 Å². The molecule has 20 heavy (non-hydrogen) atoms. The monoisotopic (exact) mass is 323 g/mol. The van der Waals surface area contributed by atoms with Crippen molar-refractivity contribution in [2.75, 3.05) is 18.6 Å². The second-order valence-electron chi connectivity index (χ2n) is 5.27. The molecule has 1 aromatic carbocycles. The van der Waals surface area contributed by atoms with Gasteiger partial charge in [-0.1, -0.05) is 25.1 Å². The number of thiophene rings is 1. The van der Waals surface area contributed by atoms with Crippen molar-refractivity contribution in [2.24, 2.45) is 0 Å². The van der Waals surface area contributed by atoms with E-state index in [-0.39, 0.29) is 0 Å². The van der Waals surface area contributed by atoms with Crippen molar-refractivity contribution in [2.45, 2.75) is 29.9 Å². The van der Waals surface area contributed by atoms with Crippen LogP contribution in [-0.2, 0) is 6.42 Å². The molecule has 2 heterocycles. The first-order valence-electron chi connectivity index (χ1n) is 7.15. The van der Waals surface area contributed by atoms with Gasteiger partial charge in [-0.25, -0.2) is 0 Å². The molecule has 1 aliphatic heterocycles. The molecule has 0 saturated carbocycles. The Morgan fingerprint density at radius 2 is 2.05 bits per heavy atom. The number of hydrogen-bond donors (Lipinski definition) is 1. The van der Waals surface area contributed by atoms with Crippen LogP contribution in [0.3, 0.4) is 0 Å². The number of rotatable bonds is 4. The Labute approximate surface area is 133 Å². The number of hydrogen-bond acceptors (Lipinski definition) is 4. The predicted octanol–water partition coefficient (Wildman–Crippen LogP) is 4.27. The summed E-state index contributed by atoms with van der Waals surface area (Å²) < 4.78 is 1.41. The van der Waals surface area contributed by atoms with Crippen LogP contribution in [0.2, 0.25) is 0 Å². The zero-order valence-electron chi connectivity index (χ0n) is 12.0. The maximum atomic E-state index is 3.58. The third-order valence-electron chi connectivity index (χ3n) is 4.01. The molecule has 2 aromatic rings. The van der Waals surface area contributed by atoms with Gasteiger partial charge in [0, 0.05) is 32.7 Å². The van der Waals surface area contributed by atoms with Crippen molar-refractivity contribution in [1.29, 1.82) is 0 Å². The minimum Gasteiger partial charge on any atom is -0.316 e. The fraction of sp³-hybridized carbons (Fsp3) is 0.500. The highest BCUT2D eigenvalue weighted by Gasteiger charge is 2.29. The van der Waals surface area contributed by atoms with E-state index in [2.05, 4.69) is 72.5 Å². The first kappa shape index (κ1) is 14.8. The molecular weight excluding hydrogens is 302 g/mol. The summed E-state index contributed by atoms with van der Waals surface area (Å²) in [7, 11) is 2.12. The smallest absolute Gasteiger partial charge is 0.0345 e. The summed E-state index contributed by atoms with van der Waals surface area (Å²) in [6, 6.07) is 9.35. The van der Waals surface area contributed by atoms with E-state index in [0.717, 1.165) is 16.9 Å². The minimum absolute atomic E-state index is 0.570. The Kier molecular flexibility index (Phi) is 4.97. The van der Waals surface area contributed by atoms with E-state index in [4.69, 9.17) is 0 Å². The summed E-state index contributed by atoms with van der Waals surface area (Å²) in [5.41, 5.74) is 1.51. The molecule has 1 aliphatic rings. The van der Waals surface area contributed by atoms with Gasteiger partial charge in [-0.2, -0.15) is 23.5 Å². The molecule has 0 radical (unpaired) electrons. The van der Waals surface area contributed by atoms with Gasteiger partial charge in [-0.3, -0.25) is 0 Å². The lowest BCUT2D eigenvalue weighted by atomic mass is 10.0. The molecule has 0 spiro atoms. The van der Waals surface area contributed by atoms with Gasteiger partial charge in [0.25, 0.3) is 0 Å². The van der Waals surface area contributed by atoms with Gasteiger partial charge in [-0.15, -0.1) is 11.3 Å².